The number of carbonyl (C=O) groups excluding carboxylic acids is 1. The first-order chi connectivity index (χ1) is 8.15. The first kappa shape index (κ1) is 11.1. The van der Waals surface area contributed by atoms with Crippen LogP contribution in [0.2, 0.25) is 0 Å². The van der Waals surface area contributed by atoms with Crippen LogP contribution in [0.25, 0.3) is 10.9 Å². The third-order valence-electron chi connectivity index (χ3n) is 2.37. The van der Waals surface area contributed by atoms with Gasteiger partial charge in [0.25, 0.3) is 5.69 Å². The second kappa shape index (κ2) is 4.25. The number of ether oxygens (including phenoxy) is 1. The second-order valence-electron chi connectivity index (χ2n) is 3.35. The van der Waals surface area contributed by atoms with Crippen molar-refractivity contribution in [1.29, 1.82) is 0 Å². The molecule has 6 heteroatoms. The molecular formula is C11H10N2O4. The van der Waals surface area contributed by atoms with Gasteiger partial charge in [-0.15, -0.1) is 0 Å². The molecule has 0 unspecified atom stereocenters. The summed E-state index contributed by atoms with van der Waals surface area (Å²) in [7, 11) is 0. The van der Waals surface area contributed by atoms with Gasteiger partial charge in [-0.1, -0.05) is 6.07 Å². The summed E-state index contributed by atoms with van der Waals surface area (Å²) in [5.41, 5.74) is 0.447. The van der Waals surface area contributed by atoms with Crippen molar-refractivity contribution in [2.24, 2.45) is 0 Å². The molecule has 0 aliphatic heterocycles. The van der Waals surface area contributed by atoms with E-state index < -0.39 is 11.0 Å². The Hall–Kier alpha value is -2.37. The Labute approximate surface area is 96.6 Å². The van der Waals surface area contributed by atoms with Gasteiger partial charge in [0.15, 0.2) is 0 Å². The number of aromatic nitrogens is 1. The number of nitrogens with zero attached hydrogens (tertiary/aromatic N) is 2. The minimum absolute atomic E-state index is 0.0226. The van der Waals surface area contributed by atoms with E-state index in [1.807, 2.05) is 0 Å². The third kappa shape index (κ3) is 1.84. The molecule has 2 rings (SSSR count). The largest absolute Gasteiger partial charge is 0.449 e. The van der Waals surface area contributed by atoms with Crippen LogP contribution in [-0.2, 0) is 4.74 Å². The first-order valence-corrected chi connectivity index (χ1v) is 5.06. The molecule has 0 saturated carbocycles. The lowest BCUT2D eigenvalue weighted by Crippen LogP contribution is -2.11. The highest BCUT2D eigenvalue weighted by molar-refractivity contribution is 5.94. The van der Waals surface area contributed by atoms with E-state index in [1.54, 1.807) is 13.0 Å². The van der Waals surface area contributed by atoms with E-state index in [0.29, 0.717) is 10.9 Å². The van der Waals surface area contributed by atoms with Crippen LogP contribution in [0.1, 0.15) is 6.92 Å². The molecule has 1 heterocycles. The number of hydrogen-bond donors (Lipinski definition) is 0. The minimum atomic E-state index is -0.539. The molecule has 1 aromatic heterocycles. The molecule has 0 fully saturated rings. The van der Waals surface area contributed by atoms with Crippen LogP contribution in [0.5, 0.6) is 0 Å². The van der Waals surface area contributed by atoms with Gasteiger partial charge in [0, 0.05) is 12.3 Å². The number of rotatable bonds is 2. The third-order valence-corrected chi connectivity index (χ3v) is 2.37. The predicted octanol–water partition coefficient (Wildman–Crippen LogP) is 2.55. The van der Waals surface area contributed by atoms with Crippen molar-refractivity contribution in [2.75, 3.05) is 6.61 Å². The zero-order valence-corrected chi connectivity index (χ0v) is 9.12. The highest BCUT2D eigenvalue weighted by atomic mass is 16.6. The number of nitro benzene ring substituents is 1. The number of carbonyl (C=O) groups is 1. The van der Waals surface area contributed by atoms with Gasteiger partial charge in [0.2, 0.25) is 0 Å². The van der Waals surface area contributed by atoms with Gasteiger partial charge in [0.1, 0.15) is 0 Å². The number of hydrogen-bond acceptors (Lipinski definition) is 4. The van der Waals surface area contributed by atoms with Crippen LogP contribution in [0, 0.1) is 10.1 Å². The maximum absolute atomic E-state index is 11.6. The monoisotopic (exact) mass is 234 g/mol. The maximum Gasteiger partial charge on any atom is 0.418 e. The number of fused-ring (bicyclic) bond motifs is 1. The SMILES string of the molecule is CCOC(=O)n1ccc2c([N+](=O)[O-])cccc21. The number of non-ortho nitro benzene ring substituents is 1. The van der Waals surface area contributed by atoms with Crippen LogP contribution in [0.3, 0.4) is 0 Å². The molecule has 0 saturated heterocycles. The first-order valence-electron chi connectivity index (χ1n) is 5.06. The van der Waals surface area contributed by atoms with Gasteiger partial charge in [0.05, 0.1) is 22.4 Å². The van der Waals surface area contributed by atoms with Gasteiger partial charge in [-0.05, 0) is 19.1 Å². The van der Waals surface area contributed by atoms with Crippen molar-refractivity contribution in [2.45, 2.75) is 6.92 Å². The molecule has 17 heavy (non-hydrogen) atoms. The van der Waals surface area contributed by atoms with Crippen LogP contribution in [0.15, 0.2) is 30.5 Å². The quantitative estimate of drug-likeness (QED) is 0.591. The average Bonchev–Trinajstić information content (AvgIpc) is 2.72. The summed E-state index contributed by atoms with van der Waals surface area (Å²) in [5, 5.41) is 11.2. The lowest BCUT2D eigenvalue weighted by atomic mass is 10.2. The second-order valence-corrected chi connectivity index (χ2v) is 3.35. The molecular weight excluding hydrogens is 224 g/mol. The van der Waals surface area contributed by atoms with Crippen molar-refractivity contribution in [1.82, 2.24) is 4.57 Å². The van der Waals surface area contributed by atoms with Gasteiger partial charge >= 0.3 is 6.09 Å². The zero-order chi connectivity index (χ0) is 12.4. The Kier molecular flexibility index (Phi) is 2.78. The van der Waals surface area contributed by atoms with Crippen LogP contribution >= 0.6 is 0 Å². The fraction of sp³-hybridized carbons (Fsp3) is 0.182. The Balaban J connectivity index is 2.58. The van der Waals surface area contributed by atoms with Crippen LogP contribution in [0.4, 0.5) is 10.5 Å². The van der Waals surface area contributed by atoms with Gasteiger partial charge < -0.3 is 4.74 Å². The molecule has 1 aromatic carbocycles. The lowest BCUT2D eigenvalue weighted by Gasteiger charge is -2.03. The van der Waals surface area contributed by atoms with Gasteiger partial charge in [-0.25, -0.2) is 4.79 Å². The number of benzene rings is 1. The molecule has 0 aliphatic carbocycles. The molecule has 0 radical (unpaired) electrons. The highest BCUT2D eigenvalue weighted by Gasteiger charge is 2.16. The van der Waals surface area contributed by atoms with Gasteiger partial charge in [-0.3, -0.25) is 14.7 Å². The highest BCUT2D eigenvalue weighted by Crippen LogP contribution is 2.26. The fourth-order valence-corrected chi connectivity index (χ4v) is 1.66. The standard InChI is InChI=1S/C11H10N2O4/c1-2-17-11(14)12-7-6-8-9(12)4-3-5-10(8)13(15)16/h3-7H,2H2,1H3. The Morgan fingerprint density at radius 2 is 2.24 bits per heavy atom. The molecule has 0 spiro atoms. The molecule has 0 atom stereocenters. The van der Waals surface area contributed by atoms with Crippen molar-refractivity contribution in [3.63, 3.8) is 0 Å². The summed E-state index contributed by atoms with van der Waals surface area (Å²) in [6.07, 6.45) is 0.929. The van der Waals surface area contributed by atoms with Crippen LogP contribution < -0.4 is 0 Å². The van der Waals surface area contributed by atoms with E-state index in [0.717, 1.165) is 0 Å². The topological polar surface area (TPSA) is 74.4 Å². The van der Waals surface area contributed by atoms with E-state index in [2.05, 4.69) is 0 Å². The Bertz CT molecular complexity index is 588. The molecule has 2 aromatic rings. The van der Waals surface area contributed by atoms with E-state index in [9.17, 15) is 14.9 Å². The molecule has 0 amide bonds. The van der Waals surface area contributed by atoms with Crippen molar-refractivity contribution < 1.29 is 14.5 Å². The van der Waals surface area contributed by atoms with Crippen molar-refractivity contribution in [3.8, 4) is 0 Å². The normalized spacial score (nSPS) is 10.4. The Morgan fingerprint density at radius 1 is 1.47 bits per heavy atom. The smallest absolute Gasteiger partial charge is 0.418 e. The molecule has 0 bridgehead atoms. The summed E-state index contributed by atoms with van der Waals surface area (Å²) in [4.78, 5) is 21.9. The average molecular weight is 234 g/mol. The predicted molar refractivity (Wildman–Crippen MR) is 61.0 cm³/mol. The van der Waals surface area contributed by atoms with Crippen molar-refractivity contribution in [3.05, 3.63) is 40.6 Å². The van der Waals surface area contributed by atoms with E-state index in [-0.39, 0.29) is 12.3 Å². The molecule has 88 valence electrons. The molecule has 0 aliphatic rings. The zero-order valence-electron chi connectivity index (χ0n) is 9.12. The van der Waals surface area contributed by atoms with E-state index >= 15 is 0 Å². The van der Waals surface area contributed by atoms with Crippen molar-refractivity contribution >= 4 is 22.7 Å². The molecule has 6 nitrogen and oxygen atoms in total. The summed E-state index contributed by atoms with van der Waals surface area (Å²) < 4.78 is 6.10. The summed E-state index contributed by atoms with van der Waals surface area (Å²) in [6.45, 7) is 1.96. The maximum atomic E-state index is 11.6. The minimum Gasteiger partial charge on any atom is -0.449 e. The van der Waals surface area contributed by atoms with E-state index in [1.165, 1.54) is 29.0 Å². The summed E-state index contributed by atoms with van der Waals surface area (Å²) in [5.74, 6) is 0. The molecule has 0 N–H and O–H groups in total. The Morgan fingerprint density at radius 3 is 2.88 bits per heavy atom. The summed E-state index contributed by atoms with van der Waals surface area (Å²) in [6, 6.07) is 6.11. The van der Waals surface area contributed by atoms with Crippen LogP contribution in [-0.4, -0.2) is 22.2 Å². The van der Waals surface area contributed by atoms with E-state index in [4.69, 9.17) is 4.74 Å². The number of nitro groups is 1. The summed E-state index contributed by atoms with van der Waals surface area (Å²) >= 11 is 0. The fourth-order valence-electron chi connectivity index (χ4n) is 1.66. The van der Waals surface area contributed by atoms with Gasteiger partial charge in [-0.2, -0.15) is 0 Å². The lowest BCUT2D eigenvalue weighted by molar-refractivity contribution is -0.383.